The van der Waals surface area contributed by atoms with Gasteiger partial charge in [0.25, 0.3) is 0 Å². The summed E-state index contributed by atoms with van der Waals surface area (Å²) in [6, 6.07) is 1.93. The Bertz CT molecular complexity index is 503. The highest BCUT2D eigenvalue weighted by molar-refractivity contribution is 5.60. The van der Waals surface area contributed by atoms with E-state index in [2.05, 4.69) is 27.3 Å². The number of nitrogens with one attached hydrogen (secondary N) is 1. The van der Waals surface area contributed by atoms with E-state index in [0.717, 1.165) is 35.9 Å². The second-order valence-corrected chi connectivity index (χ2v) is 3.93. The highest BCUT2D eigenvalue weighted by Gasteiger charge is 2.06. The minimum Gasteiger partial charge on any atom is -0.373 e. The normalized spacial score (nSPS) is 10.5. The lowest BCUT2D eigenvalue weighted by atomic mass is 10.2. The first-order valence-electron chi connectivity index (χ1n) is 5.79. The van der Waals surface area contributed by atoms with Crippen LogP contribution in [0.15, 0.2) is 18.5 Å². The summed E-state index contributed by atoms with van der Waals surface area (Å²) in [5, 5.41) is 7.33. The molecule has 0 spiro atoms. The largest absolute Gasteiger partial charge is 0.373 e. The molecule has 0 aliphatic carbocycles. The molecule has 0 atom stereocenters. The maximum Gasteiger partial charge on any atom is 0.130 e. The SMILES string of the molecule is CCCn1cc(-c2cc(NC)nc(C)n2)cn1. The smallest absolute Gasteiger partial charge is 0.130 e. The zero-order chi connectivity index (χ0) is 12.3. The molecule has 0 radical (unpaired) electrons. The van der Waals surface area contributed by atoms with Gasteiger partial charge in [0, 0.05) is 31.4 Å². The topological polar surface area (TPSA) is 55.6 Å². The average Bonchev–Trinajstić information content (AvgIpc) is 2.77. The van der Waals surface area contributed by atoms with Crippen LogP contribution in [0.4, 0.5) is 5.82 Å². The third kappa shape index (κ3) is 2.61. The van der Waals surface area contributed by atoms with Crippen molar-refractivity contribution in [1.29, 1.82) is 0 Å². The highest BCUT2D eigenvalue weighted by Crippen LogP contribution is 2.18. The first-order valence-corrected chi connectivity index (χ1v) is 5.79. The number of nitrogens with zero attached hydrogens (tertiary/aromatic N) is 4. The van der Waals surface area contributed by atoms with Crippen LogP contribution in [0.5, 0.6) is 0 Å². The van der Waals surface area contributed by atoms with Crippen LogP contribution >= 0.6 is 0 Å². The van der Waals surface area contributed by atoms with E-state index >= 15 is 0 Å². The lowest BCUT2D eigenvalue weighted by Gasteiger charge is -2.03. The molecular formula is C12H17N5. The van der Waals surface area contributed by atoms with Gasteiger partial charge in [-0.05, 0) is 13.3 Å². The molecule has 0 fully saturated rings. The maximum absolute atomic E-state index is 4.42. The Morgan fingerprint density at radius 1 is 1.35 bits per heavy atom. The van der Waals surface area contributed by atoms with Crippen molar-refractivity contribution in [3.8, 4) is 11.3 Å². The fraction of sp³-hybridized carbons (Fsp3) is 0.417. The van der Waals surface area contributed by atoms with E-state index in [1.165, 1.54) is 0 Å². The highest BCUT2D eigenvalue weighted by atomic mass is 15.3. The van der Waals surface area contributed by atoms with Gasteiger partial charge in [-0.15, -0.1) is 0 Å². The number of aryl methyl sites for hydroxylation is 2. The van der Waals surface area contributed by atoms with Crippen LogP contribution in [0.2, 0.25) is 0 Å². The van der Waals surface area contributed by atoms with Crippen LogP contribution in [0.3, 0.4) is 0 Å². The molecule has 2 aromatic heterocycles. The predicted molar refractivity (Wildman–Crippen MR) is 67.8 cm³/mol. The summed E-state index contributed by atoms with van der Waals surface area (Å²) < 4.78 is 1.94. The van der Waals surface area contributed by atoms with Gasteiger partial charge in [-0.3, -0.25) is 4.68 Å². The van der Waals surface area contributed by atoms with E-state index < -0.39 is 0 Å². The van der Waals surface area contributed by atoms with Crippen molar-refractivity contribution >= 4 is 5.82 Å². The van der Waals surface area contributed by atoms with E-state index in [9.17, 15) is 0 Å². The standard InChI is InChI=1S/C12H17N5/c1-4-5-17-8-10(7-14-17)11-6-12(13-3)16-9(2)15-11/h6-8H,4-5H2,1-3H3,(H,13,15,16). The van der Waals surface area contributed by atoms with Crippen LogP contribution < -0.4 is 5.32 Å². The minimum absolute atomic E-state index is 0.759. The Hall–Kier alpha value is -1.91. The van der Waals surface area contributed by atoms with Crippen molar-refractivity contribution in [3.05, 3.63) is 24.3 Å². The van der Waals surface area contributed by atoms with E-state index in [-0.39, 0.29) is 0 Å². The Labute approximate surface area is 101 Å². The van der Waals surface area contributed by atoms with Crippen molar-refractivity contribution < 1.29 is 0 Å². The number of rotatable bonds is 4. The van der Waals surface area contributed by atoms with Gasteiger partial charge < -0.3 is 5.32 Å². The number of aromatic nitrogens is 4. The van der Waals surface area contributed by atoms with Gasteiger partial charge in [0.15, 0.2) is 0 Å². The number of anilines is 1. The summed E-state index contributed by atoms with van der Waals surface area (Å²) in [7, 11) is 1.85. The lowest BCUT2D eigenvalue weighted by Crippen LogP contribution is -1.98. The molecule has 2 heterocycles. The van der Waals surface area contributed by atoms with Crippen molar-refractivity contribution in [2.24, 2.45) is 0 Å². The second kappa shape index (κ2) is 4.95. The Kier molecular flexibility index (Phi) is 3.37. The summed E-state index contributed by atoms with van der Waals surface area (Å²) in [4.78, 5) is 8.69. The Balaban J connectivity index is 2.34. The van der Waals surface area contributed by atoms with Gasteiger partial charge in [0.05, 0.1) is 11.9 Å². The average molecular weight is 231 g/mol. The molecule has 90 valence electrons. The summed E-state index contributed by atoms with van der Waals surface area (Å²) in [6.07, 6.45) is 4.94. The fourth-order valence-electron chi connectivity index (χ4n) is 1.69. The molecule has 0 saturated heterocycles. The zero-order valence-electron chi connectivity index (χ0n) is 10.4. The summed E-state index contributed by atoms with van der Waals surface area (Å²) in [5.41, 5.74) is 1.93. The van der Waals surface area contributed by atoms with Crippen molar-refractivity contribution in [3.63, 3.8) is 0 Å². The first-order chi connectivity index (χ1) is 8.22. The van der Waals surface area contributed by atoms with Crippen LogP contribution in [-0.2, 0) is 6.54 Å². The van der Waals surface area contributed by atoms with Crippen molar-refractivity contribution in [2.45, 2.75) is 26.8 Å². The third-order valence-corrected chi connectivity index (χ3v) is 2.48. The molecule has 2 rings (SSSR count). The monoisotopic (exact) mass is 231 g/mol. The van der Waals surface area contributed by atoms with Gasteiger partial charge in [0.1, 0.15) is 11.6 Å². The van der Waals surface area contributed by atoms with Gasteiger partial charge in [-0.25, -0.2) is 9.97 Å². The predicted octanol–water partition coefficient (Wildman–Crippen LogP) is 2.10. The summed E-state index contributed by atoms with van der Waals surface area (Å²) in [6.45, 7) is 4.96. The fourth-order valence-corrected chi connectivity index (χ4v) is 1.69. The Morgan fingerprint density at radius 2 is 2.18 bits per heavy atom. The molecule has 0 amide bonds. The van der Waals surface area contributed by atoms with E-state index in [1.54, 1.807) is 0 Å². The first kappa shape index (κ1) is 11.6. The van der Waals surface area contributed by atoms with Crippen LogP contribution in [0.25, 0.3) is 11.3 Å². The minimum atomic E-state index is 0.759. The Morgan fingerprint density at radius 3 is 2.88 bits per heavy atom. The molecule has 0 saturated carbocycles. The van der Waals surface area contributed by atoms with E-state index in [0.29, 0.717) is 0 Å². The molecule has 0 aliphatic rings. The summed E-state index contributed by atoms with van der Waals surface area (Å²) in [5.74, 6) is 1.59. The zero-order valence-corrected chi connectivity index (χ0v) is 10.4. The maximum atomic E-state index is 4.42. The quantitative estimate of drug-likeness (QED) is 0.875. The van der Waals surface area contributed by atoms with Gasteiger partial charge in [-0.1, -0.05) is 6.92 Å². The van der Waals surface area contributed by atoms with E-state index in [1.807, 2.05) is 37.1 Å². The number of hydrogen-bond donors (Lipinski definition) is 1. The van der Waals surface area contributed by atoms with Crippen LogP contribution in [-0.4, -0.2) is 26.8 Å². The summed E-state index contributed by atoms with van der Waals surface area (Å²) >= 11 is 0. The molecule has 5 nitrogen and oxygen atoms in total. The molecule has 0 bridgehead atoms. The molecule has 0 unspecified atom stereocenters. The van der Waals surface area contributed by atoms with Crippen molar-refractivity contribution in [2.75, 3.05) is 12.4 Å². The third-order valence-electron chi connectivity index (χ3n) is 2.48. The number of hydrogen-bond acceptors (Lipinski definition) is 4. The van der Waals surface area contributed by atoms with Gasteiger partial charge in [0.2, 0.25) is 0 Å². The molecular weight excluding hydrogens is 214 g/mol. The molecule has 1 N–H and O–H groups in total. The molecule has 17 heavy (non-hydrogen) atoms. The lowest BCUT2D eigenvalue weighted by molar-refractivity contribution is 0.603. The van der Waals surface area contributed by atoms with Gasteiger partial charge >= 0.3 is 0 Å². The molecule has 0 aromatic carbocycles. The molecule has 2 aromatic rings. The molecule has 5 heteroatoms. The van der Waals surface area contributed by atoms with Crippen LogP contribution in [0.1, 0.15) is 19.2 Å². The second-order valence-electron chi connectivity index (χ2n) is 3.93. The van der Waals surface area contributed by atoms with E-state index in [4.69, 9.17) is 0 Å². The van der Waals surface area contributed by atoms with Crippen LogP contribution in [0, 0.1) is 6.92 Å². The molecule has 0 aliphatic heterocycles. The van der Waals surface area contributed by atoms with Gasteiger partial charge in [-0.2, -0.15) is 5.10 Å². The van der Waals surface area contributed by atoms with Crippen molar-refractivity contribution in [1.82, 2.24) is 19.7 Å².